The Morgan fingerprint density at radius 1 is 1.46 bits per heavy atom. The Morgan fingerprint density at radius 3 is 3.17 bits per heavy atom. The molecule has 0 saturated carbocycles. The Labute approximate surface area is 142 Å². The molecule has 6 heteroatoms. The van der Waals surface area contributed by atoms with Gasteiger partial charge in [-0.3, -0.25) is 9.48 Å². The van der Waals surface area contributed by atoms with Gasteiger partial charge in [0.25, 0.3) is 5.91 Å². The van der Waals surface area contributed by atoms with E-state index in [1.54, 1.807) is 13.2 Å². The third-order valence-electron chi connectivity index (χ3n) is 4.32. The summed E-state index contributed by atoms with van der Waals surface area (Å²) in [5, 5.41) is 10.7. The molecule has 3 rings (SSSR count). The molecular weight excluding hydrogens is 304 g/mol. The van der Waals surface area contributed by atoms with Crippen LogP contribution < -0.4 is 15.4 Å². The maximum atomic E-state index is 12.2. The van der Waals surface area contributed by atoms with Crippen LogP contribution in [0.4, 0.5) is 0 Å². The minimum atomic E-state index is -0.125. The minimum Gasteiger partial charge on any atom is -0.497 e. The maximum absolute atomic E-state index is 12.2. The van der Waals surface area contributed by atoms with E-state index in [1.165, 1.54) is 0 Å². The summed E-state index contributed by atoms with van der Waals surface area (Å²) in [4.78, 5) is 12.2. The van der Waals surface area contributed by atoms with Crippen LogP contribution in [0.5, 0.6) is 5.75 Å². The number of nitrogens with one attached hydrogen (secondary N) is 2. The van der Waals surface area contributed by atoms with Crippen LogP contribution in [0.15, 0.2) is 36.5 Å². The standard InChI is InChI=1S/C18H24N4O2/c1-24-16-6-2-4-14(12-16)7-10-20-18(23)17-8-11-22(21-17)15-5-3-9-19-13-15/h2,4,6,8,11-12,15,19H,3,5,7,9-10,13H2,1H3,(H,20,23). The van der Waals surface area contributed by atoms with Crippen LogP contribution in [0, 0.1) is 0 Å². The fourth-order valence-corrected chi connectivity index (χ4v) is 2.96. The van der Waals surface area contributed by atoms with Crippen LogP contribution in [-0.2, 0) is 6.42 Å². The van der Waals surface area contributed by atoms with Crippen LogP contribution in [0.2, 0.25) is 0 Å². The van der Waals surface area contributed by atoms with Gasteiger partial charge in [-0.05, 0) is 49.6 Å². The average molecular weight is 328 g/mol. The van der Waals surface area contributed by atoms with Crippen molar-refractivity contribution in [3.05, 3.63) is 47.8 Å². The van der Waals surface area contributed by atoms with Crippen molar-refractivity contribution in [1.29, 1.82) is 0 Å². The molecule has 0 aliphatic carbocycles. The third kappa shape index (κ3) is 4.14. The van der Waals surface area contributed by atoms with Crippen LogP contribution in [0.25, 0.3) is 0 Å². The zero-order chi connectivity index (χ0) is 16.8. The Hall–Kier alpha value is -2.34. The first-order valence-electron chi connectivity index (χ1n) is 8.43. The lowest BCUT2D eigenvalue weighted by molar-refractivity contribution is 0.0948. The number of carbonyl (C=O) groups is 1. The monoisotopic (exact) mass is 328 g/mol. The number of benzene rings is 1. The van der Waals surface area contributed by atoms with Crippen molar-refractivity contribution < 1.29 is 9.53 Å². The molecule has 2 aromatic rings. The first kappa shape index (κ1) is 16.5. The lowest BCUT2D eigenvalue weighted by atomic mass is 10.1. The van der Waals surface area contributed by atoms with Gasteiger partial charge < -0.3 is 15.4 Å². The van der Waals surface area contributed by atoms with Gasteiger partial charge in [0.05, 0.1) is 13.2 Å². The van der Waals surface area contributed by atoms with Crippen molar-refractivity contribution >= 4 is 5.91 Å². The molecule has 24 heavy (non-hydrogen) atoms. The van der Waals surface area contributed by atoms with E-state index in [9.17, 15) is 4.79 Å². The molecular formula is C18H24N4O2. The van der Waals surface area contributed by atoms with Crippen molar-refractivity contribution in [2.45, 2.75) is 25.3 Å². The van der Waals surface area contributed by atoms with Gasteiger partial charge in [-0.25, -0.2) is 0 Å². The number of nitrogens with zero attached hydrogens (tertiary/aromatic N) is 2. The summed E-state index contributed by atoms with van der Waals surface area (Å²) in [6.07, 6.45) is 4.91. The van der Waals surface area contributed by atoms with E-state index in [0.29, 0.717) is 18.3 Å². The molecule has 1 atom stereocenters. The van der Waals surface area contributed by atoms with E-state index in [-0.39, 0.29) is 5.91 Å². The highest BCUT2D eigenvalue weighted by atomic mass is 16.5. The second-order valence-corrected chi connectivity index (χ2v) is 6.04. The second-order valence-electron chi connectivity index (χ2n) is 6.04. The van der Waals surface area contributed by atoms with Crippen LogP contribution in [0.1, 0.15) is 34.9 Å². The lowest BCUT2D eigenvalue weighted by Crippen LogP contribution is -2.32. The van der Waals surface area contributed by atoms with Crippen molar-refractivity contribution in [3.63, 3.8) is 0 Å². The van der Waals surface area contributed by atoms with E-state index in [0.717, 1.165) is 43.7 Å². The summed E-state index contributed by atoms with van der Waals surface area (Å²) in [7, 11) is 1.65. The average Bonchev–Trinajstić information content (AvgIpc) is 3.13. The molecule has 1 saturated heterocycles. The fraction of sp³-hybridized carbons (Fsp3) is 0.444. The SMILES string of the molecule is COc1cccc(CCNC(=O)c2ccn(C3CCCNC3)n2)c1. The van der Waals surface area contributed by atoms with Crippen molar-refractivity contribution in [2.24, 2.45) is 0 Å². The van der Waals surface area contributed by atoms with E-state index in [1.807, 2.05) is 35.1 Å². The van der Waals surface area contributed by atoms with Gasteiger partial charge in [-0.2, -0.15) is 5.10 Å². The maximum Gasteiger partial charge on any atom is 0.271 e. The third-order valence-corrected chi connectivity index (χ3v) is 4.32. The highest BCUT2D eigenvalue weighted by molar-refractivity contribution is 5.92. The number of amides is 1. The molecule has 1 aliphatic heterocycles. The van der Waals surface area contributed by atoms with Gasteiger partial charge in [0.1, 0.15) is 11.4 Å². The summed E-state index contributed by atoms with van der Waals surface area (Å²) in [5.41, 5.74) is 1.61. The number of carbonyl (C=O) groups excluding carboxylic acids is 1. The van der Waals surface area contributed by atoms with E-state index in [2.05, 4.69) is 15.7 Å². The molecule has 2 heterocycles. The number of aromatic nitrogens is 2. The van der Waals surface area contributed by atoms with Crippen molar-refractivity contribution in [2.75, 3.05) is 26.7 Å². The quantitative estimate of drug-likeness (QED) is 0.848. The number of piperidine rings is 1. The first-order valence-corrected chi connectivity index (χ1v) is 8.43. The summed E-state index contributed by atoms with van der Waals surface area (Å²) in [6, 6.07) is 10.0. The molecule has 0 radical (unpaired) electrons. The van der Waals surface area contributed by atoms with Gasteiger partial charge >= 0.3 is 0 Å². The molecule has 128 valence electrons. The molecule has 1 amide bonds. The topological polar surface area (TPSA) is 68.2 Å². The number of hydrogen-bond acceptors (Lipinski definition) is 4. The number of hydrogen-bond donors (Lipinski definition) is 2. The number of ether oxygens (including phenoxy) is 1. The molecule has 6 nitrogen and oxygen atoms in total. The zero-order valence-corrected chi connectivity index (χ0v) is 14.0. The van der Waals surface area contributed by atoms with Crippen LogP contribution in [0.3, 0.4) is 0 Å². The predicted molar refractivity (Wildman–Crippen MR) is 92.4 cm³/mol. The van der Waals surface area contributed by atoms with Gasteiger partial charge in [-0.1, -0.05) is 12.1 Å². The van der Waals surface area contributed by atoms with Gasteiger partial charge in [0.15, 0.2) is 0 Å². The molecule has 1 aromatic carbocycles. The van der Waals surface area contributed by atoms with Crippen molar-refractivity contribution in [3.8, 4) is 5.75 Å². The summed E-state index contributed by atoms with van der Waals surface area (Å²) in [5.74, 6) is 0.707. The molecule has 2 N–H and O–H groups in total. The van der Waals surface area contributed by atoms with Gasteiger partial charge in [0.2, 0.25) is 0 Å². The number of methoxy groups -OCH3 is 1. The van der Waals surface area contributed by atoms with E-state index >= 15 is 0 Å². The molecule has 0 spiro atoms. The second kappa shape index (κ2) is 7.97. The summed E-state index contributed by atoms with van der Waals surface area (Å²) < 4.78 is 7.11. The minimum absolute atomic E-state index is 0.125. The Morgan fingerprint density at radius 2 is 2.38 bits per heavy atom. The van der Waals surface area contributed by atoms with Crippen LogP contribution >= 0.6 is 0 Å². The molecule has 1 aliphatic rings. The molecule has 1 aromatic heterocycles. The largest absolute Gasteiger partial charge is 0.497 e. The van der Waals surface area contributed by atoms with Gasteiger partial charge in [0, 0.05) is 19.3 Å². The van der Waals surface area contributed by atoms with Crippen LogP contribution in [-0.4, -0.2) is 42.4 Å². The summed E-state index contributed by atoms with van der Waals surface area (Å²) >= 11 is 0. The molecule has 1 unspecified atom stereocenters. The fourth-order valence-electron chi connectivity index (χ4n) is 2.96. The normalized spacial score (nSPS) is 17.5. The Balaban J connectivity index is 1.50. The smallest absolute Gasteiger partial charge is 0.271 e. The lowest BCUT2D eigenvalue weighted by Gasteiger charge is -2.22. The highest BCUT2D eigenvalue weighted by Crippen LogP contribution is 2.16. The van der Waals surface area contributed by atoms with Crippen molar-refractivity contribution in [1.82, 2.24) is 20.4 Å². The molecule has 1 fully saturated rings. The molecule has 0 bridgehead atoms. The summed E-state index contributed by atoms with van der Waals surface area (Å²) in [6.45, 7) is 2.55. The Bertz CT molecular complexity index is 677. The number of rotatable bonds is 6. The predicted octanol–water partition coefficient (Wildman–Crippen LogP) is 1.79. The van der Waals surface area contributed by atoms with E-state index < -0.39 is 0 Å². The Kier molecular flexibility index (Phi) is 5.48. The van der Waals surface area contributed by atoms with E-state index in [4.69, 9.17) is 4.74 Å². The zero-order valence-electron chi connectivity index (χ0n) is 14.0. The first-order chi connectivity index (χ1) is 11.8. The highest BCUT2D eigenvalue weighted by Gasteiger charge is 2.17. The van der Waals surface area contributed by atoms with Gasteiger partial charge in [-0.15, -0.1) is 0 Å².